The molecule has 0 radical (unpaired) electrons. The van der Waals surface area contributed by atoms with E-state index in [1.807, 2.05) is 0 Å². The van der Waals surface area contributed by atoms with E-state index in [1.165, 1.54) is 47.9 Å². The summed E-state index contributed by atoms with van der Waals surface area (Å²) in [6, 6.07) is 2.39. The fraction of sp³-hybridized carbons (Fsp3) is 0.0769. The first kappa shape index (κ1) is 15.0. The monoisotopic (exact) mass is 347 g/mol. The third-order valence-electron chi connectivity index (χ3n) is 3.32. The van der Waals surface area contributed by atoms with Gasteiger partial charge in [0.05, 0.1) is 48.4 Å². The largest absolute Gasteiger partial charge is 0.418 e. The SMILES string of the molecule is FC(F)(F)c1cc(-n2ccnn2)cc(-n2nccn2)c1-n1nccn1. The predicted octanol–water partition coefficient (Wildman–Crippen LogP) is 1.45. The van der Waals surface area contributed by atoms with E-state index in [4.69, 9.17) is 0 Å². The highest BCUT2D eigenvalue weighted by Crippen LogP contribution is 2.37. The normalized spacial score (nSPS) is 11.8. The van der Waals surface area contributed by atoms with E-state index < -0.39 is 11.7 Å². The molecule has 3 aromatic heterocycles. The molecule has 4 rings (SSSR count). The van der Waals surface area contributed by atoms with Crippen LogP contribution in [0.4, 0.5) is 13.2 Å². The Morgan fingerprint density at radius 3 is 2.00 bits per heavy atom. The summed E-state index contributed by atoms with van der Waals surface area (Å²) in [7, 11) is 0. The minimum atomic E-state index is -4.67. The van der Waals surface area contributed by atoms with Gasteiger partial charge in [0.2, 0.25) is 0 Å². The third-order valence-corrected chi connectivity index (χ3v) is 3.32. The van der Waals surface area contributed by atoms with Gasteiger partial charge in [0.15, 0.2) is 0 Å². The number of hydrogen-bond donors (Lipinski definition) is 0. The molecular formula is C13H8F3N9. The van der Waals surface area contributed by atoms with Crippen LogP contribution in [0.25, 0.3) is 17.1 Å². The highest BCUT2D eigenvalue weighted by Gasteiger charge is 2.37. The Bertz CT molecular complexity index is 973. The van der Waals surface area contributed by atoms with Crippen molar-refractivity contribution in [1.82, 2.24) is 45.0 Å². The van der Waals surface area contributed by atoms with Gasteiger partial charge in [-0.15, -0.1) is 14.7 Å². The molecule has 0 atom stereocenters. The summed E-state index contributed by atoms with van der Waals surface area (Å²) in [6.07, 6.45) is 3.41. The van der Waals surface area contributed by atoms with E-state index in [1.54, 1.807) is 0 Å². The quantitative estimate of drug-likeness (QED) is 0.557. The summed E-state index contributed by atoms with van der Waals surface area (Å²) in [4.78, 5) is 1.95. The second-order valence-corrected chi connectivity index (χ2v) is 4.84. The van der Waals surface area contributed by atoms with Crippen LogP contribution in [-0.2, 0) is 6.18 Å². The summed E-state index contributed by atoms with van der Waals surface area (Å²) in [5, 5.41) is 22.9. The maximum absolute atomic E-state index is 13.7. The number of rotatable bonds is 3. The molecule has 0 amide bonds. The molecule has 0 fully saturated rings. The zero-order valence-corrected chi connectivity index (χ0v) is 12.3. The second kappa shape index (κ2) is 5.51. The van der Waals surface area contributed by atoms with Crippen molar-refractivity contribution in [3.63, 3.8) is 0 Å². The summed E-state index contributed by atoms with van der Waals surface area (Å²) < 4.78 is 42.4. The minimum absolute atomic E-state index is 0.0431. The average molecular weight is 347 g/mol. The van der Waals surface area contributed by atoms with Crippen LogP contribution in [0.15, 0.2) is 49.3 Å². The highest BCUT2D eigenvalue weighted by atomic mass is 19.4. The van der Waals surface area contributed by atoms with Crippen LogP contribution in [0.5, 0.6) is 0 Å². The van der Waals surface area contributed by atoms with Gasteiger partial charge in [0.25, 0.3) is 0 Å². The fourth-order valence-corrected chi connectivity index (χ4v) is 2.33. The molecular weight excluding hydrogens is 339 g/mol. The van der Waals surface area contributed by atoms with Crippen molar-refractivity contribution in [2.75, 3.05) is 0 Å². The van der Waals surface area contributed by atoms with E-state index in [0.29, 0.717) is 0 Å². The maximum atomic E-state index is 13.7. The topological polar surface area (TPSA) is 92.1 Å². The van der Waals surface area contributed by atoms with Crippen molar-refractivity contribution in [2.24, 2.45) is 0 Å². The highest BCUT2D eigenvalue weighted by molar-refractivity contribution is 5.62. The third kappa shape index (κ3) is 2.62. The lowest BCUT2D eigenvalue weighted by molar-refractivity contribution is -0.137. The number of aromatic nitrogens is 9. The Balaban J connectivity index is 2.07. The Hall–Kier alpha value is -3.57. The molecule has 0 saturated heterocycles. The zero-order chi connectivity index (χ0) is 17.4. The molecule has 3 heterocycles. The van der Waals surface area contributed by atoms with Crippen molar-refractivity contribution in [2.45, 2.75) is 6.18 Å². The van der Waals surface area contributed by atoms with E-state index >= 15 is 0 Å². The van der Waals surface area contributed by atoms with Crippen LogP contribution in [0.1, 0.15) is 5.56 Å². The molecule has 126 valence electrons. The van der Waals surface area contributed by atoms with Crippen LogP contribution in [0, 0.1) is 0 Å². The molecule has 12 heteroatoms. The van der Waals surface area contributed by atoms with E-state index in [-0.39, 0.29) is 17.1 Å². The van der Waals surface area contributed by atoms with Crippen molar-refractivity contribution < 1.29 is 13.2 Å². The number of benzene rings is 1. The lowest BCUT2D eigenvalue weighted by atomic mass is 10.1. The van der Waals surface area contributed by atoms with Crippen molar-refractivity contribution in [3.8, 4) is 17.1 Å². The molecule has 0 unspecified atom stereocenters. The van der Waals surface area contributed by atoms with E-state index in [2.05, 4.69) is 30.7 Å². The van der Waals surface area contributed by atoms with Crippen LogP contribution in [0.2, 0.25) is 0 Å². The van der Waals surface area contributed by atoms with Crippen LogP contribution in [-0.4, -0.2) is 45.0 Å². The average Bonchev–Trinajstić information content (AvgIpc) is 3.36. The Kier molecular flexibility index (Phi) is 3.30. The first-order valence-electron chi connectivity index (χ1n) is 6.89. The lowest BCUT2D eigenvalue weighted by Gasteiger charge is -2.17. The molecule has 0 aliphatic carbocycles. The minimum Gasteiger partial charge on any atom is -0.221 e. The van der Waals surface area contributed by atoms with Crippen molar-refractivity contribution in [3.05, 3.63) is 54.9 Å². The maximum Gasteiger partial charge on any atom is 0.418 e. The van der Waals surface area contributed by atoms with Crippen LogP contribution < -0.4 is 0 Å². The van der Waals surface area contributed by atoms with Gasteiger partial charge in [-0.05, 0) is 12.1 Å². The van der Waals surface area contributed by atoms with Gasteiger partial charge in [-0.25, -0.2) is 4.68 Å². The van der Waals surface area contributed by atoms with Gasteiger partial charge in [-0.1, -0.05) is 5.21 Å². The molecule has 25 heavy (non-hydrogen) atoms. The lowest BCUT2D eigenvalue weighted by Crippen LogP contribution is -2.18. The first-order chi connectivity index (χ1) is 12.0. The summed E-state index contributed by atoms with van der Waals surface area (Å²) in [5.41, 5.74) is -1.06. The molecule has 0 spiro atoms. The van der Waals surface area contributed by atoms with Crippen molar-refractivity contribution >= 4 is 0 Å². The fourth-order valence-electron chi connectivity index (χ4n) is 2.33. The first-order valence-corrected chi connectivity index (χ1v) is 6.89. The van der Waals surface area contributed by atoms with E-state index in [9.17, 15) is 13.2 Å². The van der Waals surface area contributed by atoms with Gasteiger partial charge < -0.3 is 0 Å². The molecule has 0 N–H and O–H groups in total. The number of hydrogen-bond acceptors (Lipinski definition) is 6. The standard InChI is InChI=1S/C13H8F3N9/c14-13(15,16)10-7-9(23-6-5-17-22-23)8-11(24-18-1-2-19-24)12(10)25-20-3-4-21-25/h1-8H. The Labute approximate surface area is 137 Å². The number of halogens is 3. The van der Waals surface area contributed by atoms with Gasteiger partial charge >= 0.3 is 6.18 Å². The Morgan fingerprint density at radius 1 is 0.800 bits per heavy atom. The molecule has 4 aromatic rings. The Morgan fingerprint density at radius 2 is 1.44 bits per heavy atom. The van der Waals surface area contributed by atoms with Gasteiger partial charge in [-0.2, -0.15) is 33.6 Å². The van der Waals surface area contributed by atoms with Crippen LogP contribution >= 0.6 is 0 Å². The molecule has 0 bridgehead atoms. The smallest absolute Gasteiger partial charge is 0.221 e. The zero-order valence-electron chi connectivity index (χ0n) is 12.3. The summed E-state index contributed by atoms with van der Waals surface area (Å²) in [5.74, 6) is 0. The van der Waals surface area contributed by atoms with Crippen LogP contribution in [0.3, 0.4) is 0 Å². The molecule has 0 saturated carbocycles. The van der Waals surface area contributed by atoms with Crippen molar-refractivity contribution in [1.29, 1.82) is 0 Å². The molecule has 0 aliphatic rings. The second-order valence-electron chi connectivity index (χ2n) is 4.84. The molecule has 9 nitrogen and oxygen atoms in total. The van der Waals surface area contributed by atoms with Gasteiger partial charge in [-0.3, -0.25) is 0 Å². The summed E-state index contributed by atoms with van der Waals surface area (Å²) in [6.45, 7) is 0. The molecule has 1 aromatic carbocycles. The summed E-state index contributed by atoms with van der Waals surface area (Å²) >= 11 is 0. The van der Waals surface area contributed by atoms with E-state index in [0.717, 1.165) is 15.7 Å². The van der Waals surface area contributed by atoms with Gasteiger partial charge in [0.1, 0.15) is 11.4 Å². The van der Waals surface area contributed by atoms with Gasteiger partial charge in [0, 0.05) is 0 Å². The number of alkyl halides is 3. The predicted molar refractivity (Wildman–Crippen MR) is 76.2 cm³/mol. The number of nitrogens with zero attached hydrogens (tertiary/aromatic N) is 9. The molecule has 0 aliphatic heterocycles.